The molecule has 0 spiro atoms. The zero-order chi connectivity index (χ0) is 11.3. The molecule has 0 heterocycles. The van der Waals surface area contributed by atoms with Crippen molar-refractivity contribution >= 4 is 6.29 Å². The Labute approximate surface area is 88.4 Å². The fourth-order valence-corrected chi connectivity index (χ4v) is 1.04. The molecular weight excluding hydrogens is 195 g/mol. The van der Waals surface area contributed by atoms with Gasteiger partial charge < -0.3 is 4.74 Å². The van der Waals surface area contributed by atoms with Gasteiger partial charge >= 0.3 is 0 Å². The molecule has 0 N–H and O–H groups in total. The lowest BCUT2D eigenvalue weighted by Crippen LogP contribution is -1.99. The highest BCUT2D eigenvalue weighted by atomic mass is 19.1. The molecule has 0 unspecified atom stereocenters. The molecule has 0 atom stereocenters. The quantitative estimate of drug-likeness (QED) is 0.549. The number of hydrogen-bond donors (Lipinski definition) is 0. The molecule has 0 bridgehead atoms. The third-order valence-corrected chi connectivity index (χ3v) is 1.88. The van der Waals surface area contributed by atoms with Crippen molar-refractivity contribution in [2.45, 2.75) is 13.3 Å². The van der Waals surface area contributed by atoms with Crippen LogP contribution in [0.4, 0.5) is 4.39 Å². The average Bonchev–Trinajstić information content (AvgIpc) is 2.20. The Kier molecular flexibility index (Phi) is 4.03. The van der Waals surface area contributed by atoms with E-state index in [4.69, 9.17) is 4.74 Å². The average molecular weight is 208 g/mol. The Balaban J connectivity index is 2.62. The van der Waals surface area contributed by atoms with Crippen molar-refractivity contribution < 1.29 is 13.9 Å². The molecule has 80 valence electrons. The van der Waals surface area contributed by atoms with Gasteiger partial charge in [0.2, 0.25) is 0 Å². The minimum Gasteiger partial charge on any atom is -0.490 e. The summed E-state index contributed by atoms with van der Waals surface area (Å²) in [6, 6.07) is 4.13. The third kappa shape index (κ3) is 3.54. The number of benzene rings is 1. The van der Waals surface area contributed by atoms with E-state index in [0.717, 1.165) is 11.6 Å². The van der Waals surface area contributed by atoms with Crippen LogP contribution in [0.25, 0.3) is 0 Å². The molecule has 0 saturated carbocycles. The Morgan fingerprint density at radius 3 is 2.87 bits per heavy atom. The van der Waals surface area contributed by atoms with Gasteiger partial charge in [-0.15, -0.1) is 6.58 Å². The highest BCUT2D eigenvalue weighted by Gasteiger charge is 2.03. The first-order chi connectivity index (χ1) is 7.13. The van der Waals surface area contributed by atoms with Gasteiger partial charge in [-0.2, -0.15) is 0 Å². The molecular formula is C12H13FO2. The number of carbonyl (C=O) groups excluding carboxylic acids is 1. The molecule has 3 heteroatoms. The Hall–Kier alpha value is -1.64. The van der Waals surface area contributed by atoms with Gasteiger partial charge in [0.15, 0.2) is 11.6 Å². The first-order valence-electron chi connectivity index (χ1n) is 4.65. The fourth-order valence-electron chi connectivity index (χ4n) is 1.04. The van der Waals surface area contributed by atoms with E-state index < -0.39 is 5.82 Å². The number of halogens is 1. The van der Waals surface area contributed by atoms with Crippen LogP contribution in [0, 0.1) is 5.82 Å². The summed E-state index contributed by atoms with van der Waals surface area (Å²) in [6.45, 7) is 6.00. The second-order valence-corrected chi connectivity index (χ2v) is 3.36. The smallest absolute Gasteiger partial charge is 0.165 e. The summed E-state index contributed by atoms with van der Waals surface area (Å²) in [5.41, 5.74) is 1.29. The molecule has 0 radical (unpaired) electrons. The number of rotatable bonds is 5. The Morgan fingerprint density at radius 1 is 1.60 bits per heavy atom. The summed E-state index contributed by atoms with van der Waals surface area (Å²) in [4.78, 5) is 10.4. The molecule has 0 aliphatic heterocycles. The van der Waals surface area contributed by atoms with Crippen molar-refractivity contribution in [3.63, 3.8) is 0 Å². The second kappa shape index (κ2) is 5.29. The van der Waals surface area contributed by atoms with Gasteiger partial charge in [0.05, 0.1) is 6.61 Å². The number of aldehydes is 1. The first kappa shape index (κ1) is 11.4. The van der Waals surface area contributed by atoms with Gasteiger partial charge in [0.1, 0.15) is 6.29 Å². The maximum Gasteiger partial charge on any atom is 0.165 e. The maximum absolute atomic E-state index is 13.3. The van der Waals surface area contributed by atoms with Crippen LogP contribution < -0.4 is 4.74 Å². The van der Waals surface area contributed by atoms with Crippen LogP contribution in [0.2, 0.25) is 0 Å². The normalized spacial score (nSPS) is 9.73. The van der Waals surface area contributed by atoms with Gasteiger partial charge in [-0.3, -0.25) is 4.79 Å². The lowest BCUT2D eigenvalue weighted by molar-refractivity contribution is 0.112. The van der Waals surface area contributed by atoms with Crippen LogP contribution >= 0.6 is 0 Å². The van der Waals surface area contributed by atoms with E-state index in [0.29, 0.717) is 24.9 Å². The van der Waals surface area contributed by atoms with E-state index >= 15 is 0 Å². The molecule has 0 aliphatic carbocycles. The Morgan fingerprint density at radius 2 is 2.33 bits per heavy atom. The van der Waals surface area contributed by atoms with Gasteiger partial charge in [-0.05, 0) is 25.1 Å². The van der Waals surface area contributed by atoms with Crippen LogP contribution in [0.1, 0.15) is 23.7 Å². The molecule has 0 fully saturated rings. The van der Waals surface area contributed by atoms with E-state index in [2.05, 4.69) is 6.58 Å². The van der Waals surface area contributed by atoms with Crippen LogP contribution in [-0.2, 0) is 0 Å². The van der Waals surface area contributed by atoms with E-state index in [1.807, 2.05) is 6.92 Å². The van der Waals surface area contributed by atoms with Crippen LogP contribution in [0.5, 0.6) is 5.75 Å². The van der Waals surface area contributed by atoms with Crippen molar-refractivity contribution in [3.8, 4) is 5.75 Å². The lowest BCUT2D eigenvalue weighted by Gasteiger charge is -2.06. The number of carbonyl (C=O) groups is 1. The number of hydrogen-bond acceptors (Lipinski definition) is 2. The highest BCUT2D eigenvalue weighted by Crippen LogP contribution is 2.18. The van der Waals surface area contributed by atoms with E-state index in [1.54, 1.807) is 0 Å². The first-order valence-corrected chi connectivity index (χ1v) is 4.65. The predicted molar refractivity (Wildman–Crippen MR) is 56.7 cm³/mol. The minimum absolute atomic E-state index is 0.168. The van der Waals surface area contributed by atoms with Crippen molar-refractivity contribution in [2.24, 2.45) is 0 Å². The van der Waals surface area contributed by atoms with Crippen molar-refractivity contribution in [2.75, 3.05) is 6.61 Å². The standard InChI is InChI=1S/C12H13FO2/c1-9(2)5-6-15-12-4-3-10(8-14)7-11(12)13/h3-4,7-8H,1,5-6H2,2H3. The Bertz CT molecular complexity index is 372. The zero-order valence-corrected chi connectivity index (χ0v) is 8.63. The SMILES string of the molecule is C=C(C)CCOc1ccc(C=O)cc1F. The summed E-state index contributed by atoms with van der Waals surface area (Å²) >= 11 is 0. The molecule has 1 aromatic rings. The summed E-state index contributed by atoms with van der Waals surface area (Å²) < 4.78 is 18.5. The van der Waals surface area contributed by atoms with E-state index in [9.17, 15) is 9.18 Å². The predicted octanol–water partition coefficient (Wildman–Crippen LogP) is 2.98. The highest BCUT2D eigenvalue weighted by molar-refractivity contribution is 5.74. The lowest BCUT2D eigenvalue weighted by atomic mass is 10.2. The fraction of sp³-hybridized carbons (Fsp3) is 0.250. The maximum atomic E-state index is 13.3. The van der Waals surface area contributed by atoms with Crippen molar-refractivity contribution in [1.29, 1.82) is 0 Å². The number of ether oxygens (including phenoxy) is 1. The van der Waals surface area contributed by atoms with Gasteiger partial charge in [-0.25, -0.2) is 4.39 Å². The summed E-state index contributed by atoms with van der Waals surface area (Å²) in [7, 11) is 0. The van der Waals surface area contributed by atoms with Crippen LogP contribution in [0.3, 0.4) is 0 Å². The van der Waals surface area contributed by atoms with Gasteiger partial charge in [0.25, 0.3) is 0 Å². The largest absolute Gasteiger partial charge is 0.490 e. The molecule has 0 aliphatic rings. The third-order valence-electron chi connectivity index (χ3n) is 1.88. The summed E-state index contributed by atoms with van der Waals surface area (Å²) in [5, 5.41) is 0. The van der Waals surface area contributed by atoms with Crippen LogP contribution in [-0.4, -0.2) is 12.9 Å². The van der Waals surface area contributed by atoms with Crippen molar-refractivity contribution in [3.05, 3.63) is 41.7 Å². The molecule has 2 nitrogen and oxygen atoms in total. The summed E-state index contributed by atoms with van der Waals surface area (Å²) in [6.07, 6.45) is 1.29. The molecule has 15 heavy (non-hydrogen) atoms. The second-order valence-electron chi connectivity index (χ2n) is 3.36. The van der Waals surface area contributed by atoms with Crippen molar-refractivity contribution in [1.82, 2.24) is 0 Å². The monoisotopic (exact) mass is 208 g/mol. The molecule has 1 rings (SSSR count). The molecule has 0 saturated heterocycles. The topological polar surface area (TPSA) is 26.3 Å². The van der Waals surface area contributed by atoms with Crippen LogP contribution in [0.15, 0.2) is 30.4 Å². The minimum atomic E-state index is -0.513. The van der Waals surface area contributed by atoms with E-state index in [-0.39, 0.29) is 5.75 Å². The van der Waals surface area contributed by atoms with E-state index in [1.165, 1.54) is 12.1 Å². The molecule has 0 aromatic heterocycles. The van der Waals surface area contributed by atoms with Gasteiger partial charge in [-0.1, -0.05) is 5.57 Å². The molecule has 1 aromatic carbocycles. The zero-order valence-electron chi connectivity index (χ0n) is 8.63. The van der Waals surface area contributed by atoms with Gasteiger partial charge in [0, 0.05) is 12.0 Å². The summed E-state index contributed by atoms with van der Waals surface area (Å²) in [5.74, 6) is -0.344. The molecule has 0 amide bonds.